The number of carbonyl (C=O) groups is 3. The summed E-state index contributed by atoms with van der Waals surface area (Å²) in [5.41, 5.74) is 0. The molecule has 17 heavy (non-hydrogen) atoms. The van der Waals surface area contributed by atoms with Gasteiger partial charge in [-0.25, -0.2) is 0 Å². The Morgan fingerprint density at radius 3 is 2.29 bits per heavy atom. The topological polar surface area (TPSA) is 63.7 Å². The first-order valence-electron chi connectivity index (χ1n) is 5.75. The van der Waals surface area contributed by atoms with E-state index >= 15 is 0 Å². The summed E-state index contributed by atoms with van der Waals surface area (Å²) >= 11 is 0. The van der Waals surface area contributed by atoms with E-state index in [1.54, 1.807) is 0 Å². The monoisotopic (exact) mass is 237 g/mol. The number of rotatable bonds is 3. The molecule has 0 aromatic rings. The lowest BCUT2D eigenvalue weighted by Crippen LogP contribution is -2.34. The van der Waals surface area contributed by atoms with E-state index < -0.39 is 5.97 Å². The third-order valence-corrected chi connectivity index (χ3v) is 3.22. The van der Waals surface area contributed by atoms with Crippen LogP contribution in [0.5, 0.6) is 0 Å². The highest BCUT2D eigenvalue weighted by Crippen LogP contribution is 2.34. The molecule has 2 unspecified atom stereocenters. The van der Waals surface area contributed by atoms with Crippen molar-refractivity contribution in [2.75, 3.05) is 13.2 Å². The van der Waals surface area contributed by atoms with Gasteiger partial charge in [-0.15, -0.1) is 0 Å². The normalized spacial score (nSPS) is 27.2. The highest BCUT2D eigenvalue weighted by Gasteiger charge is 2.46. The van der Waals surface area contributed by atoms with Gasteiger partial charge in [0.1, 0.15) is 6.61 Å². The van der Waals surface area contributed by atoms with Gasteiger partial charge in [-0.1, -0.05) is 12.2 Å². The van der Waals surface area contributed by atoms with Gasteiger partial charge < -0.3 is 4.74 Å². The number of amides is 2. The van der Waals surface area contributed by atoms with Crippen molar-refractivity contribution in [1.82, 2.24) is 4.90 Å². The fourth-order valence-electron chi connectivity index (χ4n) is 2.37. The molecule has 92 valence electrons. The molecule has 2 atom stereocenters. The summed E-state index contributed by atoms with van der Waals surface area (Å²) in [5.74, 6) is -1.06. The van der Waals surface area contributed by atoms with Crippen molar-refractivity contribution in [2.45, 2.75) is 19.8 Å². The first-order chi connectivity index (χ1) is 8.11. The third kappa shape index (κ3) is 2.23. The number of allylic oxidation sites excluding steroid dienone is 2. The van der Waals surface area contributed by atoms with Gasteiger partial charge in [-0.05, 0) is 12.8 Å². The summed E-state index contributed by atoms with van der Waals surface area (Å²) in [4.78, 5) is 35.8. The van der Waals surface area contributed by atoms with E-state index in [1.807, 2.05) is 12.2 Å². The van der Waals surface area contributed by atoms with Crippen LogP contribution >= 0.6 is 0 Å². The van der Waals surface area contributed by atoms with Crippen LogP contribution in [0, 0.1) is 11.8 Å². The van der Waals surface area contributed by atoms with Crippen molar-refractivity contribution < 1.29 is 19.1 Å². The number of fused-ring (bicyclic) bond motifs is 1. The molecular formula is C12H15NO4. The molecule has 2 amide bonds. The minimum Gasteiger partial charge on any atom is -0.464 e. The highest BCUT2D eigenvalue weighted by molar-refractivity contribution is 6.05. The molecule has 0 radical (unpaired) electrons. The quantitative estimate of drug-likeness (QED) is 0.407. The first-order valence-corrected chi connectivity index (χ1v) is 5.75. The van der Waals surface area contributed by atoms with Crippen LogP contribution in [0.3, 0.4) is 0 Å². The molecule has 2 aliphatic rings. The van der Waals surface area contributed by atoms with E-state index in [2.05, 4.69) is 0 Å². The second-order valence-corrected chi connectivity index (χ2v) is 4.32. The van der Waals surface area contributed by atoms with Gasteiger partial charge in [-0.3, -0.25) is 19.3 Å². The molecule has 5 nitrogen and oxygen atoms in total. The number of imide groups is 1. The number of carbonyl (C=O) groups excluding carboxylic acids is 3. The Kier molecular flexibility index (Phi) is 3.26. The number of hydrogen-bond donors (Lipinski definition) is 0. The second-order valence-electron chi connectivity index (χ2n) is 4.32. The molecule has 5 heteroatoms. The van der Waals surface area contributed by atoms with Gasteiger partial charge in [0.05, 0.1) is 18.4 Å². The average molecular weight is 237 g/mol. The molecule has 1 saturated heterocycles. The Morgan fingerprint density at radius 2 is 1.82 bits per heavy atom. The first kappa shape index (κ1) is 11.8. The fraction of sp³-hybridized carbons (Fsp3) is 0.583. The molecule has 1 aliphatic carbocycles. The summed E-state index contributed by atoms with van der Waals surface area (Å²) < 4.78 is 4.75. The average Bonchev–Trinajstić information content (AvgIpc) is 2.54. The van der Waals surface area contributed by atoms with Crippen molar-refractivity contribution in [3.05, 3.63) is 12.2 Å². The van der Waals surface area contributed by atoms with E-state index in [4.69, 9.17) is 4.74 Å². The zero-order valence-electron chi connectivity index (χ0n) is 9.72. The number of nitrogens with zero attached hydrogens (tertiary/aromatic N) is 1. The molecule has 0 aromatic heterocycles. The standard InChI is InChI=1S/C12H15NO4/c1-8(14)17-7-6-13-11(15)9-4-2-3-5-10(9)12(13)16/h2-3,9-10H,4-7H2,1H3. The van der Waals surface area contributed by atoms with Crippen LogP contribution in [0.2, 0.25) is 0 Å². The van der Waals surface area contributed by atoms with Gasteiger partial charge in [0.15, 0.2) is 0 Å². The van der Waals surface area contributed by atoms with Gasteiger partial charge in [0.2, 0.25) is 11.8 Å². The van der Waals surface area contributed by atoms with Crippen molar-refractivity contribution in [1.29, 1.82) is 0 Å². The molecule has 0 spiro atoms. The van der Waals surface area contributed by atoms with E-state index in [0.29, 0.717) is 12.8 Å². The Hall–Kier alpha value is -1.65. The summed E-state index contributed by atoms with van der Waals surface area (Å²) in [5, 5.41) is 0. The smallest absolute Gasteiger partial charge is 0.302 e. The number of hydrogen-bond acceptors (Lipinski definition) is 4. The van der Waals surface area contributed by atoms with Crippen molar-refractivity contribution in [3.63, 3.8) is 0 Å². The van der Waals surface area contributed by atoms with Gasteiger partial charge in [0.25, 0.3) is 0 Å². The minimum atomic E-state index is -0.400. The zero-order valence-corrected chi connectivity index (χ0v) is 9.72. The van der Waals surface area contributed by atoms with Crippen LogP contribution in [-0.2, 0) is 19.1 Å². The molecule has 1 heterocycles. The molecule has 2 rings (SSSR count). The zero-order chi connectivity index (χ0) is 12.4. The van der Waals surface area contributed by atoms with Crippen LogP contribution in [0.15, 0.2) is 12.2 Å². The van der Waals surface area contributed by atoms with Crippen LogP contribution < -0.4 is 0 Å². The van der Waals surface area contributed by atoms with Crippen LogP contribution in [-0.4, -0.2) is 35.8 Å². The highest BCUT2D eigenvalue weighted by atomic mass is 16.5. The lowest BCUT2D eigenvalue weighted by Gasteiger charge is -2.14. The maximum absolute atomic E-state index is 12.0. The molecule has 1 aliphatic heterocycles. The predicted octanol–water partition coefficient (Wildman–Crippen LogP) is 0.501. The summed E-state index contributed by atoms with van der Waals surface area (Å²) in [6.07, 6.45) is 5.17. The predicted molar refractivity (Wildman–Crippen MR) is 58.7 cm³/mol. The van der Waals surface area contributed by atoms with Gasteiger partial charge in [0, 0.05) is 6.92 Å². The number of likely N-dealkylation sites (tertiary alicyclic amines) is 1. The van der Waals surface area contributed by atoms with E-state index in [-0.39, 0.29) is 36.8 Å². The van der Waals surface area contributed by atoms with Crippen molar-refractivity contribution >= 4 is 17.8 Å². The summed E-state index contributed by atoms with van der Waals surface area (Å²) in [6, 6.07) is 0. The number of ether oxygens (including phenoxy) is 1. The molecule has 0 saturated carbocycles. The van der Waals surface area contributed by atoms with E-state index in [1.165, 1.54) is 11.8 Å². The molecule has 0 bridgehead atoms. The van der Waals surface area contributed by atoms with Crippen molar-refractivity contribution in [3.8, 4) is 0 Å². The number of esters is 1. The summed E-state index contributed by atoms with van der Waals surface area (Å²) in [6.45, 7) is 1.56. The van der Waals surface area contributed by atoms with Gasteiger partial charge >= 0.3 is 5.97 Å². The van der Waals surface area contributed by atoms with Crippen LogP contribution in [0.4, 0.5) is 0 Å². The second kappa shape index (κ2) is 4.69. The molecular weight excluding hydrogens is 222 g/mol. The van der Waals surface area contributed by atoms with Crippen LogP contribution in [0.1, 0.15) is 19.8 Å². The van der Waals surface area contributed by atoms with E-state index in [9.17, 15) is 14.4 Å². The maximum Gasteiger partial charge on any atom is 0.302 e. The Bertz CT molecular complexity index is 362. The Balaban J connectivity index is 1.98. The lowest BCUT2D eigenvalue weighted by atomic mass is 9.85. The Labute approximate surface area is 99.4 Å². The molecule has 1 fully saturated rings. The lowest BCUT2D eigenvalue weighted by molar-refractivity contribution is -0.147. The summed E-state index contributed by atoms with van der Waals surface area (Å²) in [7, 11) is 0. The molecule has 0 aromatic carbocycles. The van der Waals surface area contributed by atoms with Crippen LogP contribution in [0.25, 0.3) is 0 Å². The maximum atomic E-state index is 12.0. The van der Waals surface area contributed by atoms with Gasteiger partial charge in [-0.2, -0.15) is 0 Å². The third-order valence-electron chi connectivity index (χ3n) is 3.22. The fourth-order valence-corrected chi connectivity index (χ4v) is 2.37. The van der Waals surface area contributed by atoms with E-state index in [0.717, 1.165) is 0 Å². The SMILES string of the molecule is CC(=O)OCCN1C(=O)C2CC=CCC2C1=O. The Morgan fingerprint density at radius 1 is 1.29 bits per heavy atom. The molecule has 0 N–H and O–H groups in total. The largest absolute Gasteiger partial charge is 0.464 e. The minimum absolute atomic E-state index is 0.0830. The van der Waals surface area contributed by atoms with Crippen molar-refractivity contribution in [2.24, 2.45) is 11.8 Å².